The molecule has 1 atom stereocenters. The summed E-state index contributed by atoms with van der Waals surface area (Å²) >= 11 is 12.0. The molecule has 0 saturated heterocycles. The summed E-state index contributed by atoms with van der Waals surface area (Å²) in [7, 11) is 0. The molecule has 0 aliphatic heterocycles. The predicted molar refractivity (Wildman–Crippen MR) is 64.9 cm³/mol. The highest BCUT2D eigenvalue weighted by atomic mass is 35.5. The molecule has 0 radical (unpaired) electrons. The lowest BCUT2D eigenvalue weighted by molar-refractivity contribution is 0.104. The fourth-order valence-corrected chi connectivity index (χ4v) is 1.94. The van der Waals surface area contributed by atoms with Crippen LogP contribution in [0.25, 0.3) is 0 Å². The molecular weight excluding hydrogens is 249 g/mol. The number of halogens is 2. The summed E-state index contributed by atoms with van der Waals surface area (Å²) < 4.78 is 4.93. The minimum absolute atomic E-state index is 0.296. The van der Waals surface area contributed by atoms with E-state index in [4.69, 9.17) is 33.7 Å². The maximum Gasteiger partial charge on any atom is 0.404 e. The third kappa shape index (κ3) is 3.58. The first kappa shape index (κ1) is 13.1. The Hall–Kier alpha value is -0.930. The zero-order valence-electron chi connectivity index (χ0n) is 8.87. The van der Waals surface area contributed by atoms with E-state index in [9.17, 15) is 4.79 Å². The maximum absolute atomic E-state index is 10.7. The lowest BCUT2D eigenvalue weighted by atomic mass is 10.1. The smallest absolute Gasteiger partial charge is 0.404 e. The Kier molecular flexibility index (Phi) is 4.90. The average molecular weight is 262 g/mol. The summed E-state index contributed by atoms with van der Waals surface area (Å²) in [6.45, 7) is 1.90. The zero-order valence-corrected chi connectivity index (χ0v) is 10.4. The van der Waals surface area contributed by atoms with Crippen molar-refractivity contribution in [1.29, 1.82) is 0 Å². The maximum atomic E-state index is 10.7. The molecule has 0 saturated carbocycles. The van der Waals surface area contributed by atoms with Crippen LogP contribution in [0.4, 0.5) is 4.79 Å². The molecule has 1 aromatic carbocycles. The fourth-order valence-electron chi connectivity index (χ4n) is 1.39. The molecule has 0 fully saturated rings. The second-order valence-corrected chi connectivity index (χ2v) is 4.19. The van der Waals surface area contributed by atoms with Crippen molar-refractivity contribution >= 4 is 29.3 Å². The summed E-state index contributed by atoms with van der Waals surface area (Å²) in [6.07, 6.45) is 0.0486. The molecule has 3 nitrogen and oxygen atoms in total. The van der Waals surface area contributed by atoms with E-state index in [2.05, 4.69) is 0 Å². The molecular formula is C11H13Cl2NO2. The molecule has 0 aliphatic carbocycles. The fraction of sp³-hybridized carbons (Fsp3) is 0.364. The predicted octanol–water partition coefficient (Wildman–Crippen LogP) is 3.41. The van der Waals surface area contributed by atoms with Gasteiger partial charge in [-0.05, 0) is 24.1 Å². The molecule has 0 heterocycles. The van der Waals surface area contributed by atoms with Gasteiger partial charge in [-0.1, -0.05) is 36.2 Å². The van der Waals surface area contributed by atoms with E-state index in [1.54, 1.807) is 18.2 Å². The van der Waals surface area contributed by atoms with Crippen LogP contribution in [0.15, 0.2) is 18.2 Å². The van der Waals surface area contributed by atoms with Crippen molar-refractivity contribution in [3.63, 3.8) is 0 Å². The van der Waals surface area contributed by atoms with Crippen LogP contribution in [0.3, 0.4) is 0 Å². The number of carbonyl (C=O) groups excluding carboxylic acids is 1. The number of hydrogen-bond donors (Lipinski definition) is 1. The number of amides is 1. The molecule has 1 amide bonds. The largest absolute Gasteiger partial charge is 0.446 e. The number of ether oxygens (including phenoxy) is 1. The van der Waals surface area contributed by atoms with Gasteiger partial charge in [0.1, 0.15) is 6.10 Å². The van der Waals surface area contributed by atoms with Crippen LogP contribution >= 0.6 is 23.2 Å². The van der Waals surface area contributed by atoms with E-state index < -0.39 is 6.09 Å². The summed E-state index contributed by atoms with van der Waals surface area (Å²) in [5.41, 5.74) is 5.75. The molecule has 0 bridgehead atoms. The van der Waals surface area contributed by atoms with E-state index in [-0.39, 0.29) is 6.10 Å². The molecule has 2 N–H and O–H groups in total. The molecule has 5 heteroatoms. The topological polar surface area (TPSA) is 52.3 Å². The Labute approximate surface area is 104 Å². The van der Waals surface area contributed by atoms with Gasteiger partial charge in [-0.15, -0.1) is 0 Å². The Bertz CT molecular complexity index is 362. The third-order valence-corrected chi connectivity index (χ3v) is 2.94. The van der Waals surface area contributed by atoms with E-state index in [0.717, 1.165) is 5.56 Å². The average Bonchev–Trinajstić information content (AvgIpc) is 2.21. The zero-order chi connectivity index (χ0) is 12.1. The van der Waals surface area contributed by atoms with Gasteiger partial charge in [0, 0.05) is 16.5 Å². The number of hydrogen-bond acceptors (Lipinski definition) is 2. The highest BCUT2D eigenvalue weighted by Crippen LogP contribution is 2.26. The molecule has 88 valence electrons. The third-order valence-electron chi connectivity index (χ3n) is 2.23. The minimum Gasteiger partial charge on any atom is -0.446 e. The molecule has 16 heavy (non-hydrogen) atoms. The first-order valence-electron chi connectivity index (χ1n) is 4.93. The van der Waals surface area contributed by atoms with Crippen LogP contribution in [-0.4, -0.2) is 12.2 Å². The van der Waals surface area contributed by atoms with E-state index in [1.807, 2.05) is 6.92 Å². The molecule has 1 rings (SSSR count). The van der Waals surface area contributed by atoms with Crippen LogP contribution in [-0.2, 0) is 11.2 Å². The van der Waals surface area contributed by atoms with E-state index >= 15 is 0 Å². The van der Waals surface area contributed by atoms with Gasteiger partial charge in [0.25, 0.3) is 0 Å². The van der Waals surface area contributed by atoms with Crippen molar-refractivity contribution in [2.24, 2.45) is 5.73 Å². The number of nitrogens with two attached hydrogens (primary N) is 1. The molecule has 1 unspecified atom stereocenters. The van der Waals surface area contributed by atoms with E-state index in [0.29, 0.717) is 22.9 Å². The second-order valence-electron chi connectivity index (χ2n) is 3.37. The van der Waals surface area contributed by atoms with Crippen molar-refractivity contribution in [1.82, 2.24) is 0 Å². The van der Waals surface area contributed by atoms with Crippen LogP contribution in [0.2, 0.25) is 10.0 Å². The number of rotatable bonds is 4. The SMILES string of the molecule is CCC(Cc1c(Cl)cccc1Cl)OC(N)=O. The van der Waals surface area contributed by atoms with Gasteiger partial charge in [-0.25, -0.2) is 4.79 Å². The minimum atomic E-state index is -0.782. The summed E-state index contributed by atoms with van der Waals surface area (Å²) in [6, 6.07) is 5.27. The first-order chi connectivity index (χ1) is 7.54. The van der Waals surface area contributed by atoms with Crippen molar-refractivity contribution < 1.29 is 9.53 Å². The normalized spacial score (nSPS) is 12.2. The lowest BCUT2D eigenvalue weighted by Crippen LogP contribution is -2.24. The van der Waals surface area contributed by atoms with Crippen LogP contribution < -0.4 is 5.73 Å². The quantitative estimate of drug-likeness (QED) is 0.903. The summed E-state index contributed by atoms with van der Waals surface area (Å²) in [5.74, 6) is 0. The van der Waals surface area contributed by atoms with E-state index in [1.165, 1.54) is 0 Å². The monoisotopic (exact) mass is 261 g/mol. The number of benzene rings is 1. The molecule has 0 aliphatic rings. The van der Waals surface area contributed by atoms with Crippen LogP contribution in [0.5, 0.6) is 0 Å². The van der Waals surface area contributed by atoms with Crippen molar-refractivity contribution in [3.05, 3.63) is 33.8 Å². The Morgan fingerprint density at radius 1 is 1.44 bits per heavy atom. The number of primary amides is 1. The summed E-state index contributed by atoms with van der Waals surface area (Å²) in [5, 5.41) is 1.14. The Morgan fingerprint density at radius 2 is 2.00 bits per heavy atom. The van der Waals surface area contributed by atoms with Crippen molar-refractivity contribution in [2.45, 2.75) is 25.9 Å². The Morgan fingerprint density at radius 3 is 2.44 bits per heavy atom. The number of carbonyl (C=O) groups is 1. The van der Waals surface area contributed by atoms with Crippen LogP contribution in [0, 0.1) is 0 Å². The second kappa shape index (κ2) is 5.97. The van der Waals surface area contributed by atoms with Gasteiger partial charge >= 0.3 is 6.09 Å². The van der Waals surface area contributed by atoms with Gasteiger partial charge < -0.3 is 10.5 Å². The highest BCUT2D eigenvalue weighted by molar-refractivity contribution is 6.35. The van der Waals surface area contributed by atoms with Crippen molar-refractivity contribution in [2.75, 3.05) is 0 Å². The molecule has 0 spiro atoms. The Balaban J connectivity index is 2.81. The van der Waals surface area contributed by atoms with Gasteiger partial charge in [0.05, 0.1) is 0 Å². The summed E-state index contributed by atoms with van der Waals surface area (Å²) in [4.78, 5) is 10.7. The van der Waals surface area contributed by atoms with Gasteiger partial charge in [-0.3, -0.25) is 0 Å². The van der Waals surface area contributed by atoms with Gasteiger partial charge in [-0.2, -0.15) is 0 Å². The molecule has 0 aromatic heterocycles. The van der Waals surface area contributed by atoms with Crippen LogP contribution in [0.1, 0.15) is 18.9 Å². The highest BCUT2D eigenvalue weighted by Gasteiger charge is 2.15. The van der Waals surface area contributed by atoms with Gasteiger partial charge in [0.15, 0.2) is 0 Å². The molecule has 1 aromatic rings. The first-order valence-corrected chi connectivity index (χ1v) is 5.69. The van der Waals surface area contributed by atoms with Gasteiger partial charge in [0.2, 0.25) is 0 Å². The lowest BCUT2D eigenvalue weighted by Gasteiger charge is -2.16. The van der Waals surface area contributed by atoms with Crippen molar-refractivity contribution in [3.8, 4) is 0 Å². The standard InChI is InChI=1S/C11H13Cl2NO2/c1-2-7(16-11(14)15)6-8-9(12)4-3-5-10(8)13/h3-5,7H,2,6H2,1H3,(H2,14,15).